The van der Waals surface area contributed by atoms with Crippen LogP contribution in [0, 0.1) is 0 Å². The van der Waals surface area contributed by atoms with Crippen molar-refractivity contribution in [2.24, 2.45) is 0 Å². The van der Waals surface area contributed by atoms with Gasteiger partial charge in [-0.25, -0.2) is 9.78 Å². The zero-order valence-corrected chi connectivity index (χ0v) is 17.7. The Hall–Kier alpha value is -2.32. The highest BCUT2D eigenvalue weighted by Crippen LogP contribution is 2.30. The Bertz CT molecular complexity index is 907. The second-order valence-electron chi connectivity index (χ2n) is 7.34. The van der Waals surface area contributed by atoms with E-state index in [0.29, 0.717) is 41.0 Å². The number of carbonyl (C=O) groups excluding carboxylic acids is 2. The molecule has 28 heavy (non-hydrogen) atoms. The molecule has 1 N–H and O–H groups in total. The maximum absolute atomic E-state index is 12.6. The lowest BCUT2D eigenvalue weighted by molar-refractivity contribution is 0.0225. The highest BCUT2D eigenvalue weighted by Gasteiger charge is 2.28. The molecule has 0 atom stereocenters. The topological polar surface area (TPSA) is 80.8 Å². The summed E-state index contributed by atoms with van der Waals surface area (Å²) in [5, 5.41) is 3.77. The van der Waals surface area contributed by atoms with Crippen LogP contribution in [0.3, 0.4) is 0 Å². The number of nitrogens with zero attached hydrogens (tertiary/aromatic N) is 2. The summed E-state index contributed by atoms with van der Waals surface area (Å²) in [6.45, 7) is 6.47. The van der Waals surface area contributed by atoms with Crippen molar-refractivity contribution in [3.63, 3.8) is 0 Å². The molecule has 7 nitrogen and oxygen atoms in total. The van der Waals surface area contributed by atoms with Gasteiger partial charge in [0.25, 0.3) is 5.91 Å². The second-order valence-corrected chi connectivity index (χ2v) is 8.86. The lowest BCUT2D eigenvalue weighted by Crippen LogP contribution is -2.39. The molecule has 0 aliphatic carbocycles. The van der Waals surface area contributed by atoms with E-state index in [1.54, 1.807) is 23.1 Å². The summed E-state index contributed by atoms with van der Waals surface area (Å²) in [5.74, 6) is 0.0611. The average molecular weight is 424 g/mol. The Morgan fingerprint density at radius 1 is 1.32 bits per heavy atom. The maximum atomic E-state index is 12.6. The van der Waals surface area contributed by atoms with Crippen LogP contribution < -0.4 is 10.1 Å². The van der Waals surface area contributed by atoms with Gasteiger partial charge in [-0.1, -0.05) is 22.9 Å². The van der Waals surface area contributed by atoms with Crippen molar-refractivity contribution < 1.29 is 19.1 Å². The van der Waals surface area contributed by atoms with Crippen molar-refractivity contribution in [3.05, 3.63) is 39.4 Å². The number of amides is 2. The van der Waals surface area contributed by atoms with Crippen LogP contribution in [-0.4, -0.2) is 41.1 Å². The van der Waals surface area contributed by atoms with Gasteiger partial charge in [0.2, 0.25) is 0 Å². The van der Waals surface area contributed by atoms with E-state index in [1.807, 2.05) is 20.8 Å². The summed E-state index contributed by atoms with van der Waals surface area (Å²) in [6.07, 6.45) is 0.272. The largest absolute Gasteiger partial charge is 0.496 e. The van der Waals surface area contributed by atoms with Crippen LogP contribution in [0.25, 0.3) is 0 Å². The van der Waals surface area contributed by atoms with Crippen molar-refractivity contribution in [1.82, 2.24) is 9.88 Å². The molecule has 1 aromatic carbocycles. The van der Waals surface area contributed by atoms with E-state index >= 15 is 0 Å². The molecule has 1 aromatic heterocycles. The van der Waals surface area contributed by atoms with Crippen LogP contribution in [0.4, 0.5) is 9.93 Å². The first-order valence-corrected chi connectivity index (χ1v) is 9.97. The van der Waals surface area contributed by atoms with Crippen molar-refractivity contribution in [2.45, 2.75) is 39.3 Å². The summed E-state index contributed by atoms with van der Waals surface area (Å²) in [6, 6.07) is 4.82. The molecule has 0 spiro atoms. The predicted molar refractivity (Wildman–Crippen MR) is 108 cm³/mol. The summed E-state index contributed by atoms with van der Waals surface area (Å²) in [7, 11) is 1.48. The van der Waals surface area contributed by atoms with Gasteiger partial charge in [0.15, 0.2) is 5.13 Å². The quantitative estimate of drug-likeness (QED) is 0.793. The monoisotopic (exact) mass is 423 g/mol. The van der Waals surface area contributed by atoms with Crippen LogP contribution in [0.2, 0.25) is 5.02 Å². The molecule has 3 rings (SSSR count). The smallest absolute Gasteiger partial charge is 0.410 e. The number of thiazole rings is 1. The number of hydrogen-bond donors (Lipinski definition) is 1. The predicted octanol–water partition coefficient (Wildman–Crippen LogP) is 4.35. The number of hydrogen-bond acceptors (Lipinski definition) is 6. The van der Waals surface area contributed by atoms with Gasteiger partial charge in [-0.05, 0) is 39.0 Å². The molecule has 1 aliphatic rings. The molecular formula is C19H22ClN3O4S. The van der Waals surface area contributed by atoms with Gasteiger partial charge in [0.1, 0.15) is 11.4 Å². The Morgan fingerprint density at radius 3 is 2.75 bits per heavy atom. The number of methoxy groups -OCH3 is 1. The third kappa shape index (κ3) is 4.74. The number of halogens is 1. The number of benzene rings is 1. The maximum Gasteiger partial charge on any atom is 0.410 e. The van der Waals surface area contributed by atoms with Crippen LogP contribution in [0.1, 0.15) is 41.7 Å². The number of nitrogens with one attached hydrogen (secondary N) is 1. The number of aromatic nitrogens is 1. The first-order valence-electron chi connectivity index (χ1n) is 8.77. The van der Waals surface area contributed by atoms with Gasteiger partial charge < -0.3 is 14.4 Å². The zero-order valence-electron chi connectivity index (χ0n) is 16.2. The minimum Gasteiger partial charge on any atom is -0.496 e. The molecule has 2 amide bonds. The number of ether oxygens (including phenoxy) is 2. The lowest BCUT2D eigenvalue weighted by Gasteiger charge is -2.29. The van der Waals surface area contributed by atoms with Gasteiger partial charge in [-0.3, -0.25) is 10.1 Å². The molecule has 1 aliphatic heterocycles. The second kappa shape index (κ2) is 7.97. The molecule has 9 heteroatoms. The summed E-state index contributed by atoms with van der Waals surface area (Å²) >= 11 is 7.30. The Kier molecular flexibility index (Phi) is 5.81. The third-order valence-electron chi connectivity index (χ3n) is 4.01. The molecule has 150 valence electrons. The summed E-state index contributed by atoms with van der Waals surface area (Å²) in [4.78, 5) is 32.0. The Morgan fingerprint density at radius 2 is 2.07 bits per heavy atom. The molecule has 2 heterocycles. The van der Waals surface area contributed by atoms with Crippen molar-refractivity contribution >= 4 is 40.1 Å². The van der Waals surface area contributed by atoms with Gasteiger partial charge in [-0.2, -0.15) is 0 Å². The molecule has 0 saturated heterocycles. The zero-order chi connectivity index (χ0) is 20.5. The minimum absolute atomic E-state index is 0.330. The average Bonchev–Trinajstić information content (AvgIpc) is 3.01. The Balaban J connectivity index is 1.71. The van der Waals surface area contributed by atoms with Gasteiger partial charge in [-0.15, -0.1) is 0 Å². The van der Waals surface area contributed by atoms with E-state index in [4.69, 9.17) is 21.1 Å². The standard InChI is InChI=1S/C19H22ClN3O4S/c1-19(2,3)27-18(25)23-8-7-13-15(10-23)28-17(21-13)22-16(24)12-6-5-11(20)9-14(12)26-4/h5-6,9H,7-8,10H2,1-4H3,(H,21,22,24). The van der Waals surface area contributed by atoms with E-state index in [0.717, 1.165) is 10.6 Å². The van der Waals surface area contributed by atoms with E-state index in [9.17, 15) is 9.59 Å². The first kappa shape index (κ1) is 20.4. The van der Waals surface area contributed by atoms with Crippen molar-refractivity contribution in [2.75, 3.05) is 19.0 Å². The van der Waals surface area contributed by atoms with Crippen LogP contribution in [0.15, 0.2) is 18.2 Å². The van der Waals surface area contributed by atoms with Crippen molar-refractivity contribution in [1.29, 1.82) is 0 Å². The van der Waals surface area contributed by atoms with Crippen LogP contribution >= 0.6 is 22.9 Å². The lowest BCUT2D eigenvalue weighted by atomic mass is 10.2. The summed E-state index contributed by atoms with van der Waals surface area (Å²) in [5.41, 5.74) is 0.723. The normalized spacial score (nSPS) is 13.7. The minimum atomic E-state index is -0.540. The fourth-order valence-corrected chi connectivity index (χ4v) is 3.93. The molecule has 0 radical (unpaired) electrons. The molecule has 0 saturated carbocycles. The van der Waals surface area contributed by atoms with Crippen LogP contribution in [-0.2, 0) is 17.7 Å². The molecule has 2 aromatic rings. The van der Waals surface area contributed by atoms with Gasteiger partial charge in [0, 0.05) is 22.9 Å². The van der Waals surface area contributed by atoms with Crippen molar-refractivity contribution in [3.8, 4) is 5.75 Å². The Labute approximate surface area is 172 Å². The number of anilines is 1. The van der Waals surface area contributed by atoms with E-state index in [1.165, 1.54) is 18.4 Å². The van der Waals surface area contributed by atoms with Crippen LogP contribution in [0.5, 0.6) is 5.75 Å². The molecule has 0 bridgehead atoms. The number of rotatable bonds is 3. The third-order valence-corrected chi connectivity index (χ3v) is 5.24. The van der Waals surface area contributed by atoms with Gasteiger partial charge >= 0.3 is 6.09 Å². The summed E-state index contributed by atoms with van der Waals surface area (Å²) < 4.78 is 10.7. The molecular weight excluding hydrogens is 402 g/mol. The SMILES string of the molecule is COc1cc(Cl)ccc1C(=O)Nc1nc2c(s1)CN(C(=O)OC(C)(C)C)CC2. The first-order chi connectivity index (χ1) is 13.2. The number of carbonyl (C=O) groups is 2. The fraction of sp³-hybridized carbons (Fsp3) is 0.421. The highest BCUT2D eigenvalue weighted by atomic mass is 35.5. The van der Waals surface area contributed by atoms with E-state index < -0.39 is 5.60 Å². The van der Waals surface area contributed by atoms with Gasteiger partial charge in [0.05, 0.1) is 24.9 Å². The highest BCUT2D eigenvalue weighted by molar-refractivity contribution is 7.15. The van der Waals surface area contributed by atoms with E-state index in [2.05, 4.69) is 10.3 Å². The number of fused-ring (bicyclic) bond motifs is 1. The molecule has 0 unspecified atom stereocenters. The molecule has 0 fully saturated rings. The van der Waals surface area contributed by atoms with E-state index in [-0.39, 0.29) is 12.0 Å². The fourth-order valence-electron chi connectivity index (χ4n) is 2.75.